The Labute approximate surface area is 150 Å². The molecule has 0 saturated carbocycles. The molecule has 0 fully saturated rings. The van der Waals surface area contributed by atoms with Crippen LogP contribution < -0.4 is 10.6 Å². The molecule has 134 valence electrons. The predicted octanol–water partition coefficient (Wildman–Crippen LogP) is 2.95. The molecule has 0 heterocycles. The monoisotopic (exact) mass is 340 g/mol. The summed E-state index contributed by atoms with van der Waals surface area (Å²) in [6, 6.07) is 18.8. The Bertz CT molecular complexity index is 641. The predicted molar refractivity (Wildman–Crippen MR) is 105 cm³/mol. The quantitative estimate of drug-likeness (QED) is 0.441. The molecule has 0 amide bonds. The van der Waals surface area contributed by atoms with Gasteiger partial charge < -0.3 is 20.3 Å². The summed E-state index contributed by atoms with van der Waals surface area (Å²) in [7, 11) is 5.57. The third-order valence-corrected chi connectivity index (χ3v) is 3.88. The lowest BCUT2D eigenvalue weighted by atomic mass is 10.2. The minimum atomic E-state index is 0.702. The number of ether oxygens (including phenoxy) is 1. The van der Waals surface area contributed by atoms with E-state index in [9.17, 15) is 0 Å². The molecular formula is C20H28N4O. The van der Waals surface area contributed by atoms with Gasteiger partial charge in [0, 0.05) is 46.5 Å². The van der Waals surface area contributed by atoms with Crippen molar-refractivity contribution < 1.29 is 4.74 Å². The van der Waals surface area contributed by atoms with Crippen LogP contribution in [0.2, 0.25) is 0 Å². The van der Waals surface area contributed by atoms with Crippen LogP contribution in [0.5, 0.6) is 0 Å². The van der Waals surface area contributed by atoms with Crippen molar-refractivity contribution in [1.29, 1.82) is 0 Å². The Morgan fingerprint density at radius 3 is 2.40 bits per heavy atom. The van der Waals surface area contributed by atoms with Gasteiger partial charge in [-0.15, -0.1) is 0 Å². The first-order valence-electron chi connectivity index (χ1n) is 8.50. The van der Waals surface area contributed by atoms with Crippen LogP contribution in [-0.2, 0) is 17.8 Å². The van der Waals surface area contributed by atoms with Crippen LogP contribution in [0, 0.1) is 0 Å². The fraction of sp³-hybridized carbons (Fsp3) is 0.350. The zero-order valence-corrected chi connectivity index (χ0v) is 15.3. The highest BCUT2D eigenvalue weighted by molar-refractivity contribution is 5.79. The SMILES string of the molecule is CN=C(NCc1ccc(NCCOC)cc1)N(C)Cc1ccccc1. The van der Waals surface area contributed by atoms with Crippen LogP contribution in [0.3, 0.4) is 0 Å². The molecule has 2 N–H and O–H groups in total. The number of rotatable bonds is 8. The molecule has 0 unspecified atom stereocenters. The number of hydrogen-bond donors (Lipinski definition) is 2. The molecule has 5 heteroatoms. The zero-order valence-electron chi connectivity index (χ0n) is 15.3. The van der Waals surface area contributed by atoms with Gasteiger partial charge in [0.05, 0.1) is 6.61 Å². The summed E-state index contributed by atoms with van der Waals surface area (Å²) in [6.45, 7) is 3.07. The van der Waals surface area contributed by atoms with Crippen molar-refractivity contribution in [2.75, 3.05) is 39.7 Å². The first-order chi connectivity index (χ1) is 12.2. The number of aliphatic imine (C=N–C) groups is 1. The van der Waals surface area contributed by atoms with Crippen molar-refractivity contribution in [1.82, 2.24) is 10.2 Å². The molecule has 0 aromatic heterocycles. The summed E-state index contributed by atoms with van der Waals surface area (Å²) in [5, 5.41) is 6.73. The number of anilines is 1. The normalized spacial score (nSPS) is 11.2. The Morgan fingerprint density at radius 2 is 1.76 bits per heavy atom. The molecule has 0 radical (unpaired) electrons. The maximum atomic E-state index is 5.04. The molecule has 0 bridgehead atoms. The van der Waals surface area contributed by atoms with E-state index in [2.05, 4.69) is 69.1 Å². The van der Waals surface area contributed by atoms with E-state index < -0.39 is 0 Å². The zero-order chi connectivity index (χ0) is 17.9. The van der Waals surface area contributed by atoms with Gasteiger partial charge in [-0.2, -0.15) is 0 Å². The lowest BCUT2D eigenvalue weighted by Gasteiger charge is -2.22. The van der Waals surface area contributed by atoms with E-state index in [4.69, 9.17) is 4.74 Å². The fourth-order valence-corrected chi connectivity index (χ4v) is 2.54. The van der Waals surface area contributed by atoms with Crippen molar-refractivity contribution in [2.45, 2.75) is 13.1 Å². The van der Waals surface area contributed by atoms with Gasteiger partial charge in [0.25, 0.3) is 0 Å². The van der Waals surface area contributed by atoms with Crippen LogP contribution in [0.1, 0.15) is 11.1 Å². The topological polar surface area (TPSA) is 48.9 Å². The molecule has 2 aromatic rings. The van der Waals surface area contributed by atoms with E-state index in [0.717, 1.165) is 31.3 Å². The molecule has 2 rings (SSSR count). The summed E-state index contributed by atoms with van der Waals surface area (Å²) < 4.78 is 5.04. The maximum absolute atomic E-state index is 5.04. The van der Waals surface area contributed by atoms with E-state index in [1.54, 1.807) is 7.11 Å². The first kappa shape index (κ1) is 18.8. The standard InChI is InChI=1S/C20H28N4O/c1-21-20(24(2)16-18-7-5-4-6-8-18)23-15-17-9-11-19(12-10-17)22-13-14-25-3/h4-12,22H,13-16H2,1-3H3,(H,21,23). The van der Waals surface area contributed by atoms with Crippen LogP contribution in [0.15, 0.2) is 59.6 Å². The summed E-state index contributed by atoms with van der Waals surface area (Å²) in [5.74, 6) is 0.881. The number of nitrogens with zero attached hydrogens (tertiary/aromatic N) is 2. The largest absolute Gasteiger partial charge is 0.383 e. The van der Waals surface area contributed by atoms with Crippen LogP contribution in [-0.4, -0.2) is 45.2 Å². The summed E-state index contributed by atoms with van der Waals surface area (Å²) in [6.07, 6.45) is 0. The van der Waals surface area contributed by atoms with Gasteiger partial charge in [-0.3, -0.25) is 4.99 Å². The lowest BCUT2D eigenvalue weighted by Crippen LogP contribution is -2.38. The van der Waals surface area contributed by atoms with Crippen molar-refractivity contribution in [2.24, 2.45) is 4.99 Å². The van der Waals surface area contributed by atoms with Gasteiger partial charge in [-0.25, -0.2) is 0 Å². The molecule has 5 nitrogen and oxygen atoms in total. The van der Waals surface area contributed by atoms with E-state index in [1.807, 2.05) is 20.2 Å². The minimum Gasteiger partial charge on any atom is -0.383 e. The average molecular weight is 340 g/mol. The molecular weight excluding hydrogens is 312 g/mol. The van der Waals surface area contributed by atoms with E-state index in [-0.39, 0.29) is 0 Å². The first-order valence-corrected chi connectivity index (χ1v) is 8.50. The van der Waals surface area contributed by atoms with E-state index in [1.165, 1.54) is 11.1 Å². The molecule has 0 aliphatic rings. The highest BCUT2D eigenvalue weighted by atomic mass is 16.5. The van der Waals surface area contributed by atoms with Gasteiger partial charge >= 0.3 is 0 Å². The van der Waals surface area contributed by atoms with Gasteiger partial charge in [-0.05, 0) is 23.3 Å². The third kappa shape index (κ3) is 6.47. The van der Waals surface area contributed by atoms with E-state index >= 15 is 0 Å². The van der Waals surface area contributed by atoms with Gasteiger partial charge in [0.2, 0.25) is 0 Å². The number of methoxy groups -OCH3 is 1. The van der Waals surface area contributed by atoms with Gasteiger partial charge in [0.1, 0.15) is 0 Å². The molecule has 0 aliphatic carbocycles. The molecule has 0 aliphatic heterocycles. The van der Waals surface area contributed by atoms with Gasteiger partial charge in [-0.1, -0.05) is 42.5 Å². The maximum Gasteiger partial charge on any atom is 0.193 e. The van der Waals surface area contributed by atoms with Crippen molar-refractivity contribution in [3.05, 3.63) is 65.7 Å². The smallest absolute Gasteiger partial charge is 0.193 e. The second-order valence-electron chi connectivity index (χ2n) is 5.86. The molecule has 0 atom stereocenters. The lowest BCUT2D eigenvalue weighted by molar-refractivity contribution is 0.211. The molecule has 0 spiro atoms. The van der Waals surface area contributed by atoms with Crippen LogP contribution in [0.25, 0.3) is 0 Å². The molecule has 2 aromatic carbocycles. The summed E-state index contributed by atoms with van der Waals surface area (Å²) in [4.78, 5) is 6.49. The second kappa shape index (κ2) is 10.4. The van der Waals surface area contributed by atoms with E-state index in [0.29, 0.717) is 6.61 Å². The Balaban J connectivity index is 1.83. The van der Waals surface area contributed by atoms with Gasteiger partial charge in [0.15, 0.2) is 5.96 Å². The Morgan fingerprint density at radius 1 is 1.04 bits per heavy atom. The highest BCUT2D eigenvalue weighted by Gasteiger charge is 2.06. The number of nitrogens with one attached hydrogen (secondary N) is 2. The molecule has 0 saturated heterocycles. The average Bonchev–Trinajstić information content (AvgIpc) is 2.64. The fourth-order valence-electron chi connectivity index (χ4n) is 2.54. The van der Waals surface area contributed by atoms with Crippen LogP contribution >= 0.6 is 0 Å². The highest BCUT2D eigenvalue weighted by Crippen LogP contribution is 2.09. The van der Waals surface area contributed by atoms with Crippen molar-refractivity contribution >= 4 is 11.6 Å². The Kier molecular flexibility index (Phi) is 7.79. The number of benzene rings is 2. The minimum absolute atomic E-state index is 0.702. The number of guanidine groups is 1. The second-order valence-corrected chi connectivity index (χ2v) is 5.86. The van der Waals surface area contributed by atoms with Crippen molar-refractivity contribution in [3.8, 4) is 0 Å². The molecule has 25 heavy (non-hydrogen) atoms. The summed E-state index contributed by atoms with van der Waals surface area (Å²) >= 11 is 0. The third-order valence-electron chi connectivity index (χ3n) is 3.88. The summed E-state index contributed by atoms with van der Waals surface area (Å²) in [5.41, 5.74) is 3.58. The van der Waals surface area contributed by atoms with Crippen molar-refractivity contribution in [3.63, 3.8) is 0 Å². The number of hydrogen-bond acceptors (Lipinski definition) is 3. The van der Waals surface area contributed by atoms with Crippen LogP contribution in [0.4, 0.5) is 5.69 Å². The Hall–Kier alpha value is -2.53.